The van der Waals surface area contributed by atoms with Gasteiger partial charge in [-0.3, -0.25) is 0 Å². The first kappa shape index (κ1) is 40.4. The van der Waals surface area contributed by atoms with Crippen LogP contribution in [0.4, 0.5) is 17.1 Å². The molecule has 0 radical (unpaired) electrons. The molecule has 283 valence electrons. The summed E-state index contributed by atoms with van der Waals surface area (Å²) < 4.78 is 7.76. The van der Waals surface area contributed by atoms with Gasteiger partial charge < -0.3 is 9.80 Å². The maximum atomic E-state index is 12.9. The number of ether oxygens (including phenoxy) is 1. The molecule has 0 aliphatic carbocycles. The molecular weight excluding hydrogens is 767 g/mol. The van der Waals surface area contributed by atoms with Crippen LogP contribution in [0.3, 0.4) is 0 Å². The molecule has 0 saturated carbocycles. The Bertz CT molecular complexity index is 1800. The predicted octanol–water partition coefficient (Wildman–Crippen LogP) is 11.0. The topological polar surface area (TPSA) is 53.1 Å². The molecule has 1 saturated heterocycles. The van der Waals surface area contributed by atoms with E-state index in [4.69, 9.17) is 14.4 Å². The van der Waals surface area contributed by atoms with Crippen molar-refractivity contribution in [3.8, 4) is 5.75 Å². The fourth-order valence-corrected chi connectivity index (χ4v) is 8.22. The molecule has 1 atom stereocenters. The van der Waals surface area contributed by atoms with Crippen LogP contribution in [0.25, 0.3) is 0 Å². The van der Waals surface area contributed by atoms with Crippen LogP contribution in [0, 0.1) is 6.67 Å². The van der Waals surface area contributed by atoms with Crippen LogP contribution in [-0.4, -0.2) is 35.6 Å². The van der Waals surface area contributed by atoms with Crippen LogP contribution in [0.2, 0.25) is 0 Å². The molecule has 2 aliphatic rings. The number of fused-ring (bicyclic) bond motifs is 1. The Morgan fingerprint density at radius 2 is 1.23 bits per heavy atom. The minimum absolute atomic E-state index is 0.338. The van der Waals surface area contributed by atoms with Crippen LogP contribution in [0.1, 0.15) is 131 Å². The zero-order valence-corrected chi connectivity index (χ0v) is 35.0. The standard InChI is InChI=1S/C27H39N2.C18H15NO3.ClH.Ru/c1-18(2)22-11-9-12-23(19(3)4)26(22)28-15-16-29(17-28)27-24(20(5)6)13-10-14-25(27)21(7)8;1-3-15-18(21)19(17(20)13-9-5-4-6-10-13)14-11-7-8-12(2)16(14)22-15;;/h9-14,17-21H,15-16H2,1-8H3;2,4-11,15H,3H2,1H3;1H;/q-1;;;+1/p-1. The summed E-state index contributed by atoms with van der Waals surface area (Å²) in [5, 5.41) is 0. The number of halogens is 1. The number of amides is 2. The van der Waals surface area contributed by atoms with Crippen LogP contribution < -0.4 is 19.4 Å². The van der Waals surface area contributed by atoms with E-state index in [1.807, 2.05) is 23.7 Å². The Labute approximate surface area is 328 Å². The van der Waals surface area contributed by atoms with Crippen LogP contribution in [-0.2, 0) is 20.5 Å². The molecule has 4 aromatic carbocycles. The number of carbonyl (C=O) groups is 2. The van der Waals surface area contributed by atoms with Crippen molar-refractivity contribution in [1.29, 1.82) is 0 Å². The molecular formula is C45H54ClN3O3Ru-. The minimum atomic E-state index is -0.675. The molecule has 2 heterocycles. The molecule has 1 unspecified atom stereocenters. The van der Waals surface area contributed by atoms with Crippen molar-refractivity contribution in [3.63, 3.8) is 0 Å². The summed E-state index contributed by atoms with van der Waals surface area (Å²) in [5.41, 5.74) is 10.4. The van der Waals surface area contributed by atoms with Gasteiger partial charge in [0.2, 0.25) is 0 Å². The fraction of sp³-hybridized carbons (Fsp3) is 0.378. The molecule has 2 amide bonds. The number of imide groups is 1. The third-order valence-corrected chi connectivity index (χ3v) is 11.1. The molecule has 1 fully saturated rings. The summed E-state index contributed by atoms with van der Waals surface area (Å²) in [5.74, 6) is 1.92. The second-order valence-corrected chi connectivity index (χ2v) is 16.7. The molecule has 0 bridgehead atoms. The summed E-state index contributed by atoms with van der Waals surface area (Å²) in [6, 6.07) is 27.9. The third kappa shape index (κ3) is 8.79. The maximum absolute atomic E-state index is 12.9. The van der Waals surface area contributed by atoms with E-state index in [0.717, 1.165) is 18.7 Å². The predicted molar refractivity (Wildman–Crippen MR) is 219 cm³/mol. The molecule has 53 heavy (non-hydrogen) atoms. The average molecular weight is 821 g/mol. The van der Waals surface area contributed by atoms with Gasteiger partial charge in [-0.15, -0.1) is 0 Å². The average Bonchev–Trinajstić information content (AvgIpc) is 3.64. The van der Waals surface area contributed by atoms with Gasteiger partial charge in [0, 0.05) is 24.5 Å². The number of anilines is 3. The molecule has 6 rings (SSSR count). The van der Waals surface area contributed by atoms with E-state index in [-0.39, 0.29) is 11.8 Å². The van der Waals surface area contributed by atoms with Crippen LogP contribution >= 0.6 is 9.69 Å². The molecule has 6 nitrogen and oxygen atoms in total. The summed E-state index contributed by atoms with van der Waals surface area (Å²) in [6.45, 7) is 24.8. The Balaban J connectivity index is 0.000000208. The third-order valence-electron chi connectivity index (χ3n) is 9.88. The second kappa shape index (κ2) is 18.0. The number of hydrogen-bond acceptors (Lipinski definition) is 5. The summed E-state index contributed by atoms with van der Waals surface area (Å²) in [6.07, 6.45) is -0.190. The Morgan fingerprint density at radius 3 is 1.66 bits per heavy atom. The SMILES string of the molecule is CC(C)c1cccc(C(C)C)c1N1[CH-]N(c2c(C(C)C)cccc2C(C)C)CC1.CCC1Oc2c([CH]=[Ru][Cl])cccc2N(C(=O)c2ccccc2)C1=O. The van der Waals surface area contributed by atoms with Crippen molar-refractivity contribution in [1.82, 2.24) is 0 Å². The molecule has 2 aliphatic heterocycles. The normalized spacial score (nSPS) is 15.9. The van der Waals surface area contributed by atoms with Gasteiger partial charge in [-0.1, -0.05) is 91.8 Å². The number of benzene rings is 4. The van der Waals surface area contributed by atoms with Gasteiger partial charge in [0.25, 0.3) is 0 Å². The zero-order chi connectivity index (χ0) is 38.4. The summed E-state index contributed by atoms with van der Waals surface area (Å²) >= 11 is -0.445. The number of hydrogen-bond donors (Lipinski definition) is 0. The van der Waals surface area contributed by atoms with Gasteiger partial charge in [-0.2, -0.15) is 6.67 Å². The number of nitrogens with zero attached hydrogens (tertiary/aromatic N) is 3. The molecule has 0 spiro atoms. The fourth-order valence-electron chi connectivity index (χ4n) is 7.13. The van der Waals surface area contributed by atoms with Gasteiger partial charge in [0.1, 0.15) is 0 Å². The Morgan fingerprint density at radius 1 is 0.755 bits per heavy atom. The quantitative estimate of drug-likeness (QED) is 0.0956. The van der Waals surface area contributed by atoms with Gasteiger partial charge >= 0.3 is 152 Å². The van der Waals surface area contributed by atoms with E-state index < -0.39 is 21.8 Å². The summed E-state index contributed by atoms with van der Waals surface area (Å²) in [4.78, 5) is 31.9. The first-order valence-corrected chi connectivity index (χ1v) is 22.1. The first-order chi connectivity index (χ1) is 25.4. The van der Waals surface area contributed by atoms with Gasteiger partial charge in [-0.25, -0.2) is 0 Å². The second-order valence-electron chi connectivity index (χ2n) is 14.9. The number of para-hydroxylation sites is 3. The molecule has 8 heteroatoms. The Kier molecular flexibility index (Phi) is 13.7. The molecule has 0 aromatic heterocycles. The van der Waals surface area contributed by atoms with Crippen molar-refractivity contribution in [2.75, 3.05) is 27.8 Å². The van der Waals surface area contributed by atoms with Gasteiger partial charge in [0.15, 0.2) is 0 Å². The van der Waals surface area contributed by atoms with Crippen molar-refractivity contribution >= 4 is 43.2 Å². The van der Waals surface area contributed by atoms with Crippen molar-refractivity contribution in [3.05, 3.63) is 125 Å². The van der Waals surface area contributed by atoms with Gasteiger partial charge in [0.05, 0.1) is 0 Å². The van der Waals surface area contributed by atoms with E-state index in [1.165, 1.54) is 38.5 Å². The van der Waals surface area contributed by atoms with Crippen molar-refractivity contribution in [2.45, 2.75) is 98.5 Å². The van der Waals surface area contributed by atoms with Crippen LogP contribution in [0.15, 0.2) is 84.9 Å². The van der Waals surface area contributed by atoms with E-state index in [9.17, 15) is 9.59 Å². The van der Waals surface area contributed by atoms with Crippen LogP contribution in [0.5, 0.6) is 5.75 Å². The van der Waals surface area contributed by atoms with Crippen molar-refractivity contribution in [2.24, 2.45) is 0 Å². The number of rotatable bonds is 9. The van der Waals surface area contributed by atoms with Gasteiger partial charge in [-0.05, 0) is 45.9 Å². The van der Waals surface area contributed by atoms with E-state index >= 15 is 0 Å². The molecule has 0 N–H and O–H groups in total. The van der Waals surface area contributed by atoms with E-state index in [2.05, 4.69) is 108 Å². The van der Waals surface area contributed by atoms with Crippen molar-refractivity contribution < 1.29 is 30.0 Å². The van der Waals surface area contributed by atoms with E-state index in [1.54, 1.807) is 36.4 Å². The monoisotopic (exact) mass is 821 g/mol. The zero-order valence-electron chi connectivity index (χ0n) is 32.5. The molecule has 4 aromatic rings. The Hall–Kier alpha value is -3.80. The van der Waals surface area contributed by atoms with E-state index in [0.29, 0.717) is 47.1 Å². The first-order valence-electron chi connectivity index (χ1n) is 18.8. The summed E-state index contributed by atoms with van der Waals surface area (Å²) in [7, 11) is 5.90. The number of carbonyl (C=O) groups excluding carboxylic acids is 2.